The molecule has 1 aliphatic rings. The van der Waals surface area contributed by atoms with Crippen molar-refractivity contribution in [3.8, 4) is 11.5 Å². The van der Waals surface area contributed by atoms with Crippen molar-refractivity contribution in [1.82, 2.24) is 10.3 Å². The molecule has 4 rings (SSSR count). The Hall–Kier alpha value is -3.33. The van der Waals surface area contributed by atoms with E-state index in [4.69, 9.17) is 14.5 Å². The van der Waals surface area contributed by atoms with Crippen molar-refractivity contribution in [2.45, 2.75) is 37.8 Å². The largest absolute Gasteiger partial charge is 0.497 e. The average molecular weight is 496 g/mol. The molecule has 8 nitrogen and oxygen atoms in total. The Kier molecular flexibility index (Phi) is 7.75. The highest BCUT2D eigenvalue weighted by atomic mass is 32.1. The van der Waals surface area contributed by atoms with Crippen molar-refractivity contribution in [3.05, 3.63) is 48.5 Å². The van der Waals surface area contributed by atoms with Gasteiger partial charge in [0.25, 0.3) is 0 Å². The number of pyridine rings is 1. The number of benzene rings is 2. The quantitative estimate of drug-likeness (QED) is 0.396. The zero-order chi connectivity index (χ0) is 24.9. The molecule has 1 aromatic heterocycles. The van der Waals surface area contributed by atoms with E-state index in [0.29, 0.717) is 23.2 Å². The zero-order valence-corrected chi connectivity index (χ0v) is 21.5. The Morgan fingerprint density at radius 1 is 0.971 bits per heavy atom. The lowest BCUT2D eigenvalue weighted by atomic mass is 9.91. The number of nitrogens with one attached hydrogen (secondary N) is 2. The molecule has 0 radical (unpaired) electrons. The number of methoxy groups -OCH3 is 2. The first kappa shape index (κ1) is 24.8. The molecule has 0 saturated heterocycles. The highest BCUT2D eigenvalue weighted by Gasteiger charge is 2.25. The standard InChI is InChI=1S/C26H33N5O3S/c1-30(2)23-16-25(29-21-8-6-5-7-20(21)23)27-17-9-11-18(12-10-17)28-26(32)31(35)22-14-13-19(33-3)15-24(22)34-4/h5-8,13-18,35H,9-12H2,1-4H3,(H,27,29)(H,28,32). The SMILES string of the molecule is COc1ccc(N(S)C(=O)NC2CCC(Nc3cc(N(C)C)c4ccccc4n3)CC2)c(OC)c1. The molecule has 186 valence electrons. The minimum Gasteiger partial charge on any atom is -0.497 e. The van der Waals surface area contributed by atoms with Crippen molar-refractivity contribution in [1.29, 1.82) is 0 Å². The number of hydrogen-bond donors (Lipinski definition) is 3. The number of amides is 2. The molecule has 3 aromatic rings. The smallest absolute Gasteiger partial charge is 0.332 e. The molecule has 35 heavy (non-hydrogen) atoms. The van der Waals surface area contributed by atoms with Crippen molar-refractivity contribution < 1.29 is 14.3 Å². The van der Waals surface area contributed by atoms with Crippen LogP contribution in [-0.4, -0.2) is 51.4 Å². The lowest BCUT2D eigenvalue weighted by molar-refractivity contribution is 0.241. The van der Waals surface area contributed by atoms with Crippen LogP contribution in [0, 0.1) is 0 Å². The molecule has 2 N–H and O–H groups in total. The van der Waals surface area contributed by atoms with E-state index in [1.165, 1.54) is 4.31 Å². The third-order valence-electron chi connectivity index (χ3n) is 6.39. The van der Waals surface area contributed by atoms with Crippen LogP contribution in [0.25, 0.3) is 10.9 Å². The Labute approximate surface area is 212 Å². The zero-order valence-electron chi connectivity index (χ0n) is 20.6. The Morgan fingerprint density at radius 3 is 2.37 bits per heavy atom. The van der Waals surface area contributed by atoms with Gasteiger partial charge in [-0.05, 0) is 43.9 Å². The second-order valence-electron chi connectivity index (χ2n) is 8.93. The maximum absolute atomic E-state index is 12.9. The van der Waals surface area contributed by atoms with Gasteiger partial charge in [0, 0.05) is 49.4 Å². The second kappa shape index (κ2) is 10.9. The van der Waals surface area contributed by atoms with Gasteiger partial charge in [0.2, 0.25) is 0 Å². The number of thiol groups is 1. The molecule has 1 fully saturated rings. The Morgan fingerprint density at radius 2 is 1.69 bits per heavy atom. The van der Waals surface area contributed by atoms with Gasteiger partial charge in [-0.25, -0.2) is 14.1 Å². The number of para-hydroxylation sites is 1. The van der Waals surface area contributed by atoms with Crippen LogP contribution < -0.4 is 29.3 Å². The number of carbonyl (C=O) groups excluding carboxylic acids is 1. The Balaban J connectivity index is 1.35. The first-order chi connectivity index (χ1) is 16.9. The van der Waals surface area contributed by atoms with Gasteiger partial charge >= 0.3 is 6.03 Å². The van der Waals surface area contributed by atoms with E-state index in [1.807, 2.05) is 32.3 Å². The highest BCUT2D eigenvalue weighted by molar-refractivity contribution is 7.82. The first-order valence-electron chi connectivity index (χ1n) is 11.7. The number of nitrogens with zero attached hydrogens (tertiary/aromatic N) is 3. The minimum absolute atomic E-state index is 0.0846. The number of rotatable bonds is 7. The van der Waals surface area contributed by atoms with Gasteiger partial charge in [-0.15, -0.1) is 0 Å². The molecule has 1 heterocycles. The van der Waals surface area contributed by atoms with Crippen LogP contribution >= 0.6 is 12.8 Å². The summed E-state index contributed by atoms with van der Waals surface area (Å²) in [7, 11) is 7.23. The predicted molar refractivity (Wildman–Crippen MR) is 145 cm³/mol. The van der Waals surface area contributed by atoms with Gasteiger partial charge in [-0.1, -0.05) is 31.0 Å². The van der Waals surface area contributed by atoms with Crippen molar-refractivity contribution in [2.75, 3.05) is 42.8 Å². The van der Waals surface area contributed by atoms with Gasteiger partial charge in [0.1, 0.15) is 17.3 Å². The summed E-state index contributed by atoms with van der Waals surface area (Å²) in [6, 6.07) is 15.7. The molecule has 1 aliphatic carbocycles. The van der Waals surface area contributed by atoms with E-state index in [9.17, 15) is 4.79 Å². The Bertz CT molecular complexity index is 1180. The summed E-state index contributed by atoms with van der Waals surface area (Å²) in [4.78, 5) is 19.8. The third-order valence-corrected chi connectivity index (χ3v) is 6.79. The molecule has 2 amide bonds. The van der Waals surface area contributed by atoms with E-state index in [0.717, 1.165) is 48.1 Å². The monoisotopic (exact) mass is 495 g/mol. The first-order valence-corrected chi connectivity index (χ1v) is 12.1. The molecule has 0 spiro atoms. The van der Waals surface area contributed by atoms with Gasteiger partial charge in [0.05, 0.1) is 25.4 Å². The second-order valence-corrected chi connectivity index (χ2v) is 9.33. The lowest BCUT2D eigenvalue weighted by Gasteiger charge is -2.31. The normalized spacial score (nSPS) is 17.5. The van der Waals surface area contributed by atoms with Crippen LogP contribution in [-0.2, 0) is 0 Å². The summed E-state index contributed by atoms with van der Waals surface area (Å²) < 4.78 is 11.9. The number of ether oxygens (including phenoxy) is 2. The van der Waals surface area contributed by atoms with Crippen LogP contribution in [0.5, 0.6) is 11.5 Å². The summed E-state index contributed by atoms with van der Waals surface area (Å²) >= 11 is 4.42. The topological polar surface area (TPSA) is 79.0 Å². The maximum Gasteiger partial charge on any atom is 0.332 e. The van der Waals surface area contributed by atoms with Gasteiger partial charge < -0.3 is 25.0 Å². The van der Waals surface area contributed by atoms with E-state index >= 15 is 0 Å². The molecule has 1 saturated carbocycles. The molecule has 0 unspecified atom stereocenters. The summed E-state index contributed by atoms with van der Waals surface area (Å²) in [5.74, 6) is 2.05. The summed E-state index contributed by atoms with van der Waals surface area (Å²) in [6.45, 7) is 0. The average Bonchev–Trinajstić information content (AvgIpc) is 2.88. The van der Waals surface area contributed by atoms with Gasteiger partial charge in [0.15, 0.2) is 0 Å². The molecule has 0 aliphatic heterocycles. The van der Waals surface area contributed by atoms with Crippen LogP contribution in [0.2, 0.25) is 0 Å². The molecule has 0 bridgehead atoms. The van der Waals surface area contributed by atoms with Gasteiger partial charge in [-0.3, -0.25) is 0 Å². The van der Waals surface area contributed by atoms with Crippen molar-refractivity contribution in [2.24, 2.45) is 0 Å². The highest BCUT2D eigenvalue weighted by Crippen LogP contribution is 2.34. The molecular formula is C26H33N5O3S. The number of aromatic nitrogens is 1. The summed E-state index contributed by atoms with van der Waals surface area (Å²) in [6.07, 6.45) is 3.63. The predicted octanol–water partition coefficient (Wildman–Crippen LogP) is 5.10. The van der Waals surface area contributed by atoms with Gasteiger partial charge in [-0.2, -0.15) is 0 Å². The number of urea groups is 1. The van der Waals surface area contributed by atoms with Crippen LogP contribution in [0.3, 0.4) is 0 Å². The fraction of sp³-hybridized carbons (Fsp3) is 0.385. The summed E-state index contributed by atoms with van der Waals surface area (Å²) in [5, 5.41) is 7.85. The van der Waals surface area contributed by atoms with Crippen molar-refractivity contribution in [3.63, 3.8) is 0 Å². The van der Waals surface area contributed by atoms with E-state index in [1.54, 1.807) is 32.4 Å². The molecule has 0 atom stereocenters. The lowest BCUT2D eigenvalue weighted by Crippen LogP contribution is -2.44. The van der Waals surface area contributed by atoms with E-state index < -0.39 is 0 Å². The van der Waals surface area contributed by atoms with E-state index in [-0.39, 0.29) is 12.1 Å². The number of carbonyl (C=O) groups is 1. The fourth-order valence-corrected chi connectivity index (χ4v) is 4.72. The van der Waals surface area contributed by atoms with Crippen LogP contribution in [0.1, 0.15) is 25.7 Å². The minimum atomic E-state index is -0.278. The number of fused-ring (bicyclic) bond motifs is 1. The van der Waals surface area contributed by atoms with Crippen molar-refractivity contribution >= 4 is 46.9 Å². The molecule has 2 aromatic carbocycles. The summed E-state index contributed by atoms with van der Waals surface area (Å²) in [5.41, 5.74) is 2.68. The molecular weight excluding hydrogens is 462 g/mol. The number of hydrogen-bond acceptors (Lipinski definition) is 7. The maximum atomic E-state index is 12.9. The van der Waals surface area contributed by atoms with Crippen LogP contribution in [0.15, 0.2) is 48.5 Å². The van der Waals surface area contributed by atoms with Crippen LogP contribution in [0.4, 0.5) is 22.0 Å². The third kappa shape index (κ3) is 5.67. The van der Waals surface area contributed by atoms with E-state index in [2.05, 4.69) is 40.5 Å². The fourth-order valence-electron chi connectivity index (χ4n) is 4.50. The number of anilines is 3. The molecule has 9 heteroatoms.